The van der Waals surface area contributed by atoms with Crippen LogP contribution in [0.5, 0.6) is 0 Å². The molecule has 3 heteroatoms. The number of pyridine rings is 1. The van der Waals surface area contributed by atoms with Crippen LogP contribution in [0.2, 0.25) is 0 Å². The van der Waals surface area contributed by atoms with Crippen molar-refractivity contribution in [1.82, 2.24) is 9.61 Å². The molecule has 0 bridgehead atoms. The summed E-state index contributed by atoms with van der Waals surface area (Å²) in [4.78, 5) is 2.51. The van der Waals surface area contributed by atoms with Crippen LogP contribution in [0.1, 0.15) is 0 Å². The Bertz CT molecular complexity index is 3020. The number of benzene rings is 8. The molecule has 3 nitrogen and oxygen atoms in total. The third-order valence-electron chi connectivity index (χ3n) is 10.9. The summed E-state index contributed by atoms with van der Waals surface area (Å²) >= 11 is 0. The molecule has 54 heavy (non-hydrogen) atoms. The van der Waals surface area contributed by atoms with E-state index < -0.39 is 0 Å². The molecule has 0 atom stereocenters. The van der Waals surface area contributed by atoms with E-state index in [4.69, 9.17) is 5.10 Å². The fourth-order valence-electron chi connectivity index (χ4n) is 8.65. The van der Waals surface area contributed by atoms with Gasteiger partial charge in [0.15, 0.2) is 0 Å². The fraction of sp³-hybridized carbons (Fsp3) is 0. The summed E-state index contributed by atoms with van der Waals surface area (Å²) in [6.07, 6.45) is 0. The maximum absolute atomic E-state index is 5.63. The van der Waals surface area contributed by atoms with Gasteiger partial charge in [0.1, 0.15) is 5.69 Å². The number of hydrogen-bond donors (Lipinski definition) is 0. The topological polar surface area (TPSA) is 20.5 Å². The standard InChI is InChI=1S/C51H33N3/c1-5-18-34(19-6-1)39-33-32-36-26-17-31-44-45(36)47(39)42-29-15-16-30-43(42)53(44)51-41-28-14-13-27-40(41)50-46(35-20-7-2-8-21-35)48(37-22-9-3-10-23-37)52-54(50)49(51)38-24-11-4-12-25-38/h1-33H. The van der Waals surface area contributed by atoms with E-state index >= 15 is 0 Å². The maximum atomic E-state index is 5.63. The SMILES string of the molecule is c1ccc(-c2ccc3cccc4c3c2-c2ccccc2N4c2c(-c3ccccc3)n3nc(-c4ccccc4)c(-c4ccccc4)c3c3ccccc23)cc1. The Hall–Kier alpha value is -7.23. The third-order valence-corrected chi connectivity index (χ3v) is 10.9. The highest BCUT2D eigenvalue weighted by molar-refractivity contribution is 6.22. The van der Waals surface area contributed by atoms with Crippen LogP contribution in [0.3, 0.4) is 0 Å². The van der Waals surface area contributed by atoms with Gasteiger partial charge in [0.25, 0.3) is 0 Å². The Morgan fingerprint density at radius 3 is 1.67 bits per heavy atom. The molecule has 0 N–H and O–H groups in total. The summed E-state index contributed by atoms with van der Waals surface area (Å²) in [5.41, 5.74) is 15.8. The number of nitrogens with zero attached hydrogens (tertiary/aromatic N) is 3. The highest BCUT2D eigenvalue weighted by Crippen LogP contribution is 2.57. The molecule has 252 valence electrons. The fourth-order valence-corrected chi connectivity index (χ4v) is 8.65. The van der Waals surface area contributed by atoms with Gasteiger partial charge < -0.3 is 4.90 Å². The largest absolute Gasteiger partial charge is 0.306 e. The van der Waals surface area contributed by atoms with E-state index in [1.165, 1.54) is 33.0 Å². The number of para-hydroxylation sites is 1. The normalized spacial score (nSPS) is 12.0. The lowest BCUT2D eigenvalue weighted by atomic mass is 9.84. The summed E-state index contributed by atoms with van der Waals surface area (Å²) in [7, 11) is 0. The molecule has 3 heterocycles. The van der Waals surface area contributed by atoms with Crippen molar-refractivity contribution in [3.05, 3.63) is 200 Å². The predicted octanol–water partition coefficient (Wildman–Crippen LogP) is 13.8. The number of hydrogen-bond acceptors (Lipinski definition) is 2. The van der Waals surface area contributed by atoms with Crippen molar-refractivity contribution in [3.63, 3.8) is 0 Å². The molecule has 8 aromatic carbocycles. The highest BCUT2D eigenvalue weighted by Gasteiger charge is 2.33. The Labute approximate surface area is 313 Å². The van der Waals surface area contributed by atoms with Gasteiger partial charge in [-0.15, -0.1) is 0 Å². The van der Waals surface area contributed by atoms with E-state index in [1.807, 2.05) is 0 Å². The summed E-state index contributed by atoms with van der Waals surface area (Å²) in [5, 5.41) is 10.4. The number of rotatable bonds is 5. The van der Waals surface area contributed by atoms with Crippen LogP contribution < -0.4 is 4.90 Å². The van der Waals surface area contributed by atoms with E-state index in [-0.39, 0.29) is 0 Å². The summed E-state index contributed by atoms with van der Waals surface area (Å²) in [6.45, 7) is 0. The molecule has 0 radical (unpaired) electrons. The van der Waals surface area contributed by atoms with Crippen molar-refractivity contribution in [2.75, 3.05) is 4.90 Å². The molecular formula is C51H33N3. The van der Waals surface area contributed by atoms with Crippen LogP contribution in [0.15, 0.2) is 200 Å². The van der Waals surface area contributed by atoms with Crippen molar-refractivity contribution < 1.29 is 0 Å². The second kappa shape index (κ2) is 12.2. The molecule has 0 saturated heterocycles. The summed E-state index contributed by atoms with van der Waals surface area (Å²) in [6, 6.07) is 72.0. The van der Waals surface area contributed by atoms with E-state index in [0.29, 0.717) is 0 Å². The summed E-state index contributed by atoms with van der Waals surface area (Å²) < 4.78 is 2.23. The zero-order valence-corrected chi connectivity index (χ0v) is 29.4. The van der Waals surface area contributed by atoms with Crippen molar-refractivity contribution in [3.8, 4) is 55.9 Å². The van der Waals surface area contributed by atoms with Gasteiger partial charge in [0.05, 0.1) is 28.3 Å². The first-order chi connectivity index (χ1) is 26.8. The van der Waals surface area contributed by atoms with Crippen LogP contribution in [0, 0.1) is 0 Å². The molecule has 10 aromatic rings. The van der Waals surface area contributed by atoms with Crippen LogP contribution in [0.25, 0.3) is 83.0 Å². The van der Waals surface area contributed by atoms with Gasteiger partial charge in [-0.1, -0.05) is 188 Å². The van der Waals surface area contributed by atoms with E-state index in [2.05, 4.69) is 210 Å². The average molecular weight is 688 g/mol. The quantitative estimate of drug-likeness (QED) is 0.180. The van der Waals surface area contributed by atoms with Crippen LogP contribution in [0.4, 0.5) is 17.1 Å². The zero-order valence-electron chi connectivity index (χ0n) is 29.4. The molecule has 0 fully saturated rings. The molecule has 11 rings (SSSR count). The maximum Gasteiger partial charge on any atom is 0.101 e. The molecule has 0 saturated carbocycles. The van der Waals surface area contributed by atoms with Gasteiger partial charge in [0, 0.05) is 44.0 Å². The predicted molar refractivity (Wildman–Crippen MR) is 226 cm³/mol. The Morgan fingerprint density at radius 1 is 0.370 bits per heavy atom. The Balaban J connectivity index is 1.34. The van der Waals surface area contributed by atoms with Crippen LogP contribution >= 0.6 is 0 Å². The Kier molecular flexibility index (Phi) is 6.86. The van der Waals surface area contributed by atoms with Crippen molar-refractivity contribution in [1.29, 1.82) is 0 Å². The van der Waals surface area contributed by atoms with Gasteiger partial charge in [-0.3, -0.25) is 0 Å². The van der Waals surface area contributed by atoms with Gasteiger partial charge in [-0.2, -0.15) is 5.10 Å². The van der Waals surface area contributed by atoms with Gasteiger partial charge in [0.2, 0.25) is 0 Å². The number of anilines is 3. The summed E-state index contributed by atoms with van der Waals surface area (Å²) in [5.74, 6) is 0. The molecule has 1 aliphatic rings. The average Bonchev–Trinajstić information content (AvgIpc) is 3.66. The zero-order chi connectivity index (χ0) is 35.6. The van der Waals surface area contributed by atoms with Gasteiger partial charge in [-0.05, 0) is 34.2 Å². The lowest BCUT2D eigenvalue weighted by molar-refractivity contribution is 0.976. The van der Waals surface area contributed by atoms with Crippen LogP contribution in [-0.4, -0.2) is 9.61 Å². The number of fused-ring (bicyclic) bond motifs is 5. The molecule has 0 spiro atoms. The second-order valence-electron chi connectivity index (χ2n) is 13.9. The van der Waals surface area contributed by atoms with E-state index in [0.717, 1.165) is 67.0 Å². The number of aromatic nitrogens is 2. The first-order valence-corrected chi connectivity index (χ1v) is 18.5. The molecule has 0 unspecified atom stereocenters. The minimum absolute atomic E-state index is 0.959. The molecular weight excluding hydrogens is 655 g/mol. The van der Waals surface area contributed by atoms with Crippen LogP contribution in [-0.2, 0) is 0 Å². The molecule has 1 aliphatic heterocycles. The molecule has 2 aromatic heterocycles. The highest BCUT2D eigenvalue weighted by atomic mass is 15.3. The van der Waals surface area contributed by atoms with Crippen molar-refractivity contribution in [2.24, 2.45) is 0 Å². The first kappa shape index (κ1) is 30.4. The van der Waals surface area contributed by atoms with Crippen molar-refractivity contribution >= 4 is 44.1 Å². The van der Waals surface area contributed by atoms with E-state index in [1.54, 1.807) is 0 Å². The third kappa shape index (κ3) is 4.52. The lowest BCUT2D eigenvalue weighted by Gasteiger charge is -2.36. The van der Waals surface area contributed by atoms with Gasteiger partial charge >= 0.3 is 0 Å². The first-order valence-electron chi connectivity index (χ1n) is 18.5. The minimum atomic E-state index is 0.959. The molecule has 0 amide bonds. The minimum Gasteiger partial charge on any atom is -0.306 e. The second-order valence-corrected chi connectivity index (χ2v) is 13.9. The smallest absolute Gasteiger partial charge is 0.101 e. The Morgan fingerprint density at radius 2 is 0.944 bits per heavy atom. The monoisotopic (exact) mass is 687 g/mol. The lowest BCUT2D eigenvalue weighted by Crippen LogP contribution is -2.18. The van der Waals surface area contributed by atoms with E-state index in [9.17, 15) is 0 Å². The van der Waals surface area contributed by atoms with Gasteiger partial charge in [-0.25, -0.2) is 4.52 Å². The molecule has 0 aliphatic carbocycles. The van der Waals surface area contributed by atoms with Crippen molar-refractivity contribution in [2.45, 2.75) is 0 Å².